The van der Waals surface area contributed by atoms with Crippen molar-refractivity contribution in [2.45, 2.75) is 13.1 Å². The second kappa shape index (κ2) is 8.11. The average Bonchev–Trinajstić information content (AvgIpc) is 2.65. The van der Waals surface area contributed by atoms with E-state index in [9.17, 15) is 9.18 Å². The van der Waals surface area contributed by atoms with Gasteiger partial charge in [0.25, 0.3) is 0 Å². The smallest absolute Gasteiger partial charge is 0.316 e. The van der Waals surface area contributed by atoms with Gasteiger partial charge in [-0.25, -0.2) is 9.18 Å². The Hall–Kier alpha value is -3.14. The summed E-state index contributed by atoms with van der Waals surface area (Å²) >= 11 is 0. The number of hydrogen-bond donors (Lipinski definition) is 1. The number of urea groups is 1. The van der Waals surface area contributed by atoms with Crippen molar-refractivity contribution in [3.8, 4) is 0 Å². The van der Waals surface area contributed by atoms with E-state index in [1.54, 1.807) is 17.0 Å². The predicted octanol–water partition coefficient (Wildman–Crippen LogP) is 5.06. The van der Waals surface area contributed by atoms with Crippen molar-refractivity contribution in [1.82, 2.24) is 4.90 Å². The molecule has 0 aliphatic heterocycles. The summed E-state index contributed by atoms with van der Waals surface area (Å²) in [6.45, 7) is 0.978. The monoisotopic (exact) mass is 334 g/mol. The molecule has 0 saturated heterocycles. The van der Waals surface area contributed by atoms with Gasteiger partial charge in [0.15, 0.2) is 0 Å². The van der Waals surface area contributed by atoms with Crippen LogP contribution in [-0.4, -0.2) is 10.9 Å². The Morgan fingerprint density at radius 2 is 1.24 bits per heavy atom. The SMILES string of the molecule is O=C(Nc1ccc(F)cc1)N(Cc1ccccc1)Cc1ccccc1. The van der Waals surface area contributed by atoms with Gasteiger partial charge in [0.05, 0.1) is 0 Å². The van der Waals surface area contributed by atoms with Crippen LogP contribution in [-0.2, 0) is 13.1 Å². The number of carbonyl (C=O) groups is 1. The molecule has 4 heteroatoms. The van der Waals surface area contributed by atoms with E-state index < -0.39 is 0 Å². The average molecular weight is 334 g/mol. The molecule has 0 atom stereocenters. The molecule has 0 aliphatic carbocycles. The molecule has 0 heterocycles. The number of carbonyl (C=O) groups excluding carboxylic acids is 1. The summed E-state index contributed by atoms with van der Waals surface area (Å²) in [6, 6.07) is 25.2. The van der Waals surface area contributed by atoms with Crippen molar-refractivity contribution in [3.63, 3.8) is 0 Å². The Morgan fingerprint density at radius 3 is 1.72 bits per heavy atom. The highest BCUT2D eigenvalue weighted by atomic mass is 19.1. The molecule has 0 bridgehead atoms. The van der Waals surface area contributed by atoms with Crippen LogP contribution >= 0.6 is 0 Å². The highest BCUT2D eigenvalue weighted by Crippen LogP contribution is 2.14. The van der Waals surface area contributed by atoms with Gasteiger partial charge in [-0.2, -0.15) is 0 Å². The first kappa shape index (κ1) is 16.7. The fourth-order valence-electron chi connectivity index (χ4n) is 2.54. The molecule has 0 unspecified atom stereocenters. The van der Waals surface area contributed by atoms with Crippen molar-refractivity contribution in [2.75, 3.05) is 5.32 Å². The molecule has 126 valence electrons. The van der Waals surface area contributed by atoms with E-state index in [1.807, 2.05) is 60.7 Å². The lowest BCUT2D eigenvalue weighted by atomic mass is 10.2. The third-order valence-corrected chi connectivity index (χ3v) is 3.82. The first-order valence-corrected chi connectivity index (χ1v) is 8.10. The fraction of sp³-hybridized carbons (Fsp3) is 0.0952. The van der Waals surface area contributed by atoms with Gasteiger partial charge in [0.2, 0.25) is 0 Å². The fourth-order valence-corrected chi connectivity index (χ4v) is 2.54. The van der Waals surface area contributed by atoms with E-state index in [0.29, 0.717) is 18.8 Å². The summed E-state index contributed by atoms with van der Waals surface area (Å²) in [7, 11) is 0. The zero-order chi connectivity index (χ0) is 17.5. The van der Waals surface area contributed by atoms with Gasteiger partial charge >= 0.3 is 6.03 Å². The van der Waals surface area contributed by atoms with Crippen LogP contribution < -0.4 is 5.32 Å². The molecule has 0 spiro atoms. The van der Waals surface area contributed by atoms with Crippen LogP contribution in [0.5, 0.6) is 0 Å². The first-order valence-electron chi connectivity index (χ1n) is 8.10. The zero-order valence-electron chi connectivity index (χ0n) is 13.7. The van der Waals surface area contributed by atoms with E-state index in [1.165, 1.54) is 12.1 Å². The molecule has 2 amide bonds. The topological polar surface area (TPSA) is 32.3 Å². The molecule has 3 nitrogen and oxygen atoms in total. The summed E-state index contributed by atoms with van der Waals surface area (Å²) < 4.78 is 13.0. The Labute approximate surface area is 146 Å². The van der Waals surface area contributed by atoms with Gasteiger partial charge in [-0.15, -0.1) is 0 Å². The Bertz CT molecular complexity index is 763. The van der Waals surface area contributed by atoms with Crippen LogP contribution in [0, 0.1) is 5.82 Å². The molecule has 3 aromatic rings. The normalized spacial score (nSPS) is 10.3. The second-order valence-electron chi connectivity index (χ2n) is 5.76. The van der Waals surface area contributed by atoms with Crippen LogP contribution in [0.25, 0.3) is 0 Å². The molecule has 1 N–H and O–H groups in total. The van der Waals surface area contributed by atoms with Gasteiger partial charge in [-0.05, 0) is 35.4 Å². The minimum absolute atomic E-state index is 0.223. The van der Waals surface area contributed by atoms with Gasteiger partial charge in [-0.1, -0.05) is 60.7 Å². The lowest BCUT2D eigenvalue weighted by Crippen LogP contribution is -2.34. The molecule has 3 aromatic carbocycles. The second-order valence-corrected chi connectivity index (χ2v) is 5.76. The first-order chi connectivity index (χ1) is 12.2. The van der Waals surface area contributed by atoms with Crippen LogP contribution in [0.3, 0.4) is 0 Å². The summed E-state index contributed by atoms with van der Waals surface area (Å²) in [5.41, 5.74) is 2.66. The lowest BCUT2D eigenvalue weighted by molar-refractivity contribution is 0.206. The Morgan fingerprint density at radius 1 is 0.760 bits per heavy atom. The van der Waals surface area contributed by atoms with Crippen molar-refractivity contribution < 1.29 is 9.18 Å². The summed E-state index contributed by atoms with van der Waals surface area (Å²) in [4.78, 5) is 14.5. The zero-order valence-corrected chi connectivity index (χ0v) is 13.7. The van der Waals surface area contributed by atoms with Crippen LogP contribution in [0.2, 0.25) is 0 Å². The van der Waals surface area contributed by atoms with E-state index in [-0.39, 0.29) is 11.8 Å². The Kier molecular flexibility index (Phi) is 5.42. The molecule has 25 heavy (non-hydrogen) atoms. The maximum atomic E-state index is 13.0. The third kappa shape index (κ3) is 4.91. The molecule has 0 fully saturated rings. The lowest BCUT2D eigenvalue weighted by Gasteiger charge is -2.23. The highest BCUT2D eigenvalue weighted by Gasteiger charge is 2.15. The van der Waals surface area contributed by atoms with Crippen LogP contribution in [0.15, 0.2) is 84.9 Å². The largest absolute Gasteiger partial charge is 0.322 e. The molecule has 0 radical (unpaired) electrons. The van der Waals surface area contributed by atoms with E-state index in [4.69, 9.17) is 0 Å². The van der Waals surface area contributed by atoms with E-state index in [2.05, 4.69) is 5.32 Å². The molecular formula is C21H19FN2O. The highest BCUT2D eigenvalue weighted by molar-refractivity contribution is 5.89. The van der Waals surface area contributed by atoms with Gasteiger partial charge in [0, 0.05) is 18.8 Å². The number of nitrogens with one attached hydrogen (secondary N) is 1. The quantitative estimate of drug-likeness (QED) is 0.695. The minimum atomic E-state index is -0.330. The minimum Gasteiger partial charge on any atom is -0.316 e. The van der Waals surface area contributed by atoms with Crippen LogP contribution in [0.4, 0.5) is 14.9 Å². The standard InChI is InChI=1S/C21H19FN2O/c22-19-11-13-20(14-12-19)23-21(25)24(15-17-7-3-1-4-8-17)16-18-9-5-2-6-10-18/h1-14H,15-16H2,(H,23,25). The summed E-state index contributed by atoms with van der Waals surface area (Å²) in [5.74, 6) is -0.330. The number of benzene rings is 3. The summed E-state index contributed by atoms with van der Waals surface area (Å²) in [5, 5.41) is 2.83. The van der Waals surface area contributed by atoms with E-state index >= 15 is 0 Å². The van der Waals surface area contributed by atoms with Crippen molar-refractivity contribution in [2.24, 2.45) is 0 Å². The van der Waals surface area contributed by atoms with Crippen molar-refractivity contribution in [3.05, 3.63) is 102 Å². The number of anilines is 1. The van der Waals surface area contributed by atoms with Crippen molar-refractivity contribution >= 4 is 11.7 Å². The molecular weight excluding hydrogens is 315 g/mol. The number of rotatable bonds is 5. The van der Waals surface area contributed by atoms with E-state index in [0.717, 1.165) is 11.1 Å². The predicted molar refractivity (Wildman–Crippen MR) is 97.5 cm³/mol. The molecule has 3 rings (SSSR count). The number of amides is 2. The van der Waals surface area contributed by atoms with Crippen molar-refractivity contribution in [1.29, 1.82) is 0 Å². The van der Waals surface area contributed by atoms with Gasteiger partial charge < -0.3 is 10.2 Å². The third-order valence-electron chi connectivity index (χ3n) is 3.82. The number of nitrogens with zero attached hydrogens (tertiary/aromatic N) is 1. The van der Waals surface area contributed by atoms with Crippen LogP contribution in [0.1, 0.15) is 11.1 Å². The van der Waals surface area contributed by atoms with Gasteiger partial charge in [0.1, 0.15) is 5.82 Å². The summed E-state index contributed by atoms with van der Waals surface area (Å²) in [6.07, 6.45) is 0. The number of halogens is 1. The Balaban J connectivity index is 1.76. The van der Waals surface area contributed by atoms with Gasteiger partial charge in [-0.3, -0.25) is 0 Å². The molecule has 0 aliphatic rings. The molecule has 0 aromatic heterocycles. The maximum absolute atomic E-state index is 13.0. The number of hydrogen-bond acceptors (Lipinski definition) is 1. The molecule has 0 saturated carbocycles. The maximum Gasteiger partial charge on any atom is 0.322 e.